The van der Waals surface area contributed by atoms with Gasteiger partial charge in [-0.05, 0) is 61.4 Å². The zero-order valence-corrected chi connectivity index (χ0v) is 18.1. The quantitative estimate of drug-likeness (QED) is 0.602. The van der Waals surface area contributed by atoms with E-state index in [1.54, 1.807) is 12.1 Å². The summed E-state index contributed by atoms with van der Waals surface area (Å²) in [7, 11) is -2.23. The highest BCUT2D eigenvalue weighted by atomic mass is 32.2. The first-order valence-electron chi connectivity index (χ1n) is 9.45. The topological polar surface area (TPSA) is 101 Å². The van der Waals surface area contributed by atoms with Gasteiger partial charge in [-0.15, -0.1) is 10.2 Å². The van der Waals surface area contributed by atoms with E-state index in [-0.39, 0.29) is 9.90 Å². The molecule has 0 bridgehead atoms. The first kappa shape index (κ1) is 21.3. The van der Waals surface area contributed by atoms with E-state index in [2.05, 4.69) is 15.5 Å². The van der Waals surface area contributed by atoms with E-state index in [1.807, 2.05) is 0 Å². The fraction of sp³-hybridized carbons (Fsp3) is 0.250. The number of carbonyl (C=O) groups excluding carboxylic acids is 1. The Morgan fingerprint density at radius 3 is 2.55 bits per heavy atom. The average Bonchev–Trinajstić information content (AvgIpc) is 3.45. The monoisotopic (exact) mass is 462 g/mol. The Morgan fingerprint density at radius 1 is 1.16 bits per heavy atom. The molecule has 1 saturated heterocycles. The van der Waals surface area contributed by atoms with Gasteiger partial charge in [0.1, 0.15) is 16.6 Å². The summed E-state index contributed by atoms with van der Waals surface area (Å²) >= 11 is 1.05. The number of nitrogens with one attached hydrogen (secondary N) is 1. The number of nitrogens with zero attached hydrogens (tertiary/aromatic N) is 3. The number of amides is 1. The molecule has 0 saturated carbocycles. The molecule has 1 N–H and O–H groups in total. The Hall–Kier alpha value is -2.89. The molecule has 0 spiro atoms. The molecule has 0 aliphatic carbocycles. The van der Waals surface area contributed by atoms with Crippen molar-refractivity contribution in [1.29, 1.82) is 0 Å². The molecular formula is C20H19FN4O4S2. The molecule has 1 aliphatic heterocycles. The summed E-state index contributed by atoms with van der Waals surface area (Å²) in [5.74, 6) is -0.327. The van der Waals surface area contributed by atoms with Gasteiger partial charge in [-0.3, -0.25) is 4.79 Å². The van der Waals surface area contributed by atoms with Crippen molar-refractivity contribution in [2.45, 2.75) is 23.8 Å². The molecule has 0 unspecified atom stereocenters. The molecule has 1 amide bonds. The molecule has 2 heterocycles. The molecule has 31 heavy (non-hydrogen) atoms. The van der Waals surface area contributed by atoms with Crippen LogP contribution in [0.5, 0.6) is 5.75 Å². The number of aromatic nitrogens is 2. The van der Waals surface area contributed by atoms with Gasteiger partial charge in [0.2, 0.25) is 15.0 Å². The van der Waals surface area contributed by atoms with Crippen LogP contribution < -0.4 is 10.1 Å². The SMILES string of the molecule is COc1ccc(S(=O)(=O)N2CCC[C@@H]2c2nnc(C(=O)Nc3ccc(F)cc3)s2)cc1. The highest BCUT2D eigenvalue weighted by Gasteiger charge is 2.38. The van der Waals surface area contributed by atoms with Crippen LogP contribution in [0.2, 0.25) is 0 Å². The lowest BCUT2D eigenvalue weighted by atomic mass is 10.2. The van der Waals surface area contributed by atoms with Crippen LogP contribution in [-0.4, -0.2) is 42.5 Å². The molecule has 0 radical (unpaired) electrons. The Bertz CT molecular complexity index is 1180. The van der Waals surface area contributed by atoms with E-state index < -0.39 is 27.8 Å². The van der Waals surface area contributed by atoms with Crippen LogP contribution in [0.15, 0.2) is 53.4 Å². The third-order valence-electron chi connectivity index (χ3n) is 4.89. The van der Waals surface area contributed by atoms with Crippen molar-refractivity contribution < 1.29 is 22.3 Å². The number of hydrogen-bond donors (Lipinski definition) is 1. The van der Waals surface area contributed by atoms with Crippen molar-refractivity contribution in [3.05, 3.63) is 64.4 Å². The number of benzene rings is 2. The number of methoxy groups -OCH3 is 1. The second-order valence-corrected chi connectivity index (χ2v) is 9.76. The van der Waals surface area contributed by atoms with Crippen LogP contribution >= 0.6 is 11.3 Å². The highest BCUT2D eigenvalue weighted by Crippen LogP contribution is 2.38. The predicted octanol–water partition coefficient (Wildman–Crippen LogP) is 3.46. The average molecular weight is 463 g/mol. The summed E-state index contributed by atoms with van der Waals surface area (Å²) in [5, 5.41) is 11.2. The van der Waals surface area contributed by atoms with Crippen LogP contribution in [-0.2, 0) is 10.0 Å². The van der Waals surface area contributed by atoms with Crippen molar-refractivity contribution in [1.82, 2.24) is 14.5 Å². The molecule has 1 aliphatic rings. The van der Waals surface area contributed by atoms with Gasteiger partial charge in [-0.1, -0.05) is 11.3 Å². The third-order valence-corrected chi connectivity index (χ3v) is 7.84. The second kappa shape index (κ2) is 8.69. The smallest absolute Gasteiger partial charge is 0.286 e. The molecule has 162 valence electrons. The first-order valence-corrected chi connectivity index (χ1v) is 11.7. The number of ether oxygens (including phenoxy) is 1. The zero-order chi connectivity index (χ0) is 22.0. The van der Waals surface area contributed by atoms with Crippen LogP contribution in [0.3, 0.4) is 0 Å². The molecule has 3 aromatic rings. The normalized spacial score (nSPS) is 16.9. The lowest BCUT2D eigenvalue weighted by Crippen LogP contribution is -2.30. The maximum absolute atomic E-state index is 13.2. The summed E-state index contributed by atoms with van der Waals surface area (Å²) in [4.78, 5) is 12.6. The molecule has 4 rings (SSSR count). The second-order valence-electron chi connectivity index (χ2n) is 6.86. The summed E-state index contributed by atoms with van der Waals surface area (Å²) in [6, 6.07) is 11.1. The zero-order valence-electron chi connectivity index (χ0n) is 16.5. The number of halogens is 1. The molecule has 1 atom stereocenters. The van der Waals surface area contributed by atoms with E-state index in [9.17, 15) is 17.6 Å². The van der Waals surface area contributed by atoms with E-state index in [4.69, 9.17) is 4.74 Å². The lowest BCUT2D eigenvalue weighted by Gasteiger charge is -2.22. The van der Waals surface area contributed by atoms with E-state index in [0.717, 1.165) is 11.3 Å². The number of sulfonamides is 1. The van der Waals surface area contributed by atoms with Crippen molar-refractivity contribution in [3.63, 3.8) is 0 Å². The van der Waals surface area contributed by atoms with Gasteiger partial charge in [0.25, 0.3) is 5.91 Å². The largest absolute Gasteiger partial charge is 0.497 e. The van der Waals surface area contributed by atoms with Gasteiger partial charge < -0.3 is 10.1 Å². The van der Waals surface area contributed by atoms with Gasteiger partial charge in [0, 0.05) is 12.2 Å². The van der Waals surface area contributed by atoms with Gasteiger partial charge in [0.05, 0.1) is 18.0 Å². The minimum Gasteiger partial charge on any atom is -0.497 e. The van der Waals surface area contributed by atoms with Crippen LogP contribution in [0, 0.1) is 5.82 Å². The number of carbonyl (C=O) groups is 1. The molecule has 1 aromatic heterocycles. The van der Waals surface area contributed by atoms with Crippen molar-refractivity contribution in [3.8, 4) is 5.75 Å². The maximum Gasteiger partial charge on any atom is 0.286 e. The maximum atomic E-state index is 13.2. The van der Waals surface area contributed by atoms with Crippen LogP contribution in [0.1, 0.15) is 33.7 Å². The molecule has 11 heteroatoms. The lowest BCUT2D eigenvalue weighted by molar-refractivity contribution is 0.102. The molecule has 2 aromatic carbocycles. The number of anilines is 1. The minimum atomic E-state index is -3.74. The van der Waals surface area contributed by atoms with Crippen molar-refractivity contribution in [2.75, 3.05) is 19.0 Å². The van der Waals surface area contributed by atoms with Gasteiger partial charge in [-0.25, -0.2) is 12.8 Å². The van der Waals surface area contributed by atoms with Crippen molar-refractivity contribution >= 4 is 33.0 Å². The minimum absolute atomic E-state index is 0.105. The van der Waals surface area contributed by atoms with E-state index in [0.29, 0.717) is 35.8 Å². The Kier molecular flexibility index (Phi) is 5.99. The fourth-order valence-corrected chi connectivity index (χ4v) is 5.95. The standard InChI is InChI=1S/C20H19FN4O4S2/c1-29-15-8-10-16(11-9-15)31(27,28)25-12-2-3-17(25)19-23-24-20(30-19)18(26)22-14-6-4-13(21)5-7-14/h4-11,17H,2-3,12H2,1H3,(H,22,26)/t17-/m1/s1. The first-order chi connectivity index (χ1) is 14.9. The van der Waals surface area contributed by atoms with Crippen molar-refractivity contribution in [2.24, 2.45) is 0 Å². The molecule has 8 nitrogen and oxygen atoms in total. The summed E-state index contributed by atoms with van der Waals surface area (Å²) < 4.78 is 45.8. The number of hydrogen-bond acceptors (Lipinski definition) is 7. The number of rotatable bonds is 6. The van der Waals surface area contributed by atoms with Gasteiger partial charge in [-0.2, -0.15) is 4.31 Å². The highest BCUT2D eigenvalue weighted by molar-refractivity contribution is 7.89. The summed E-state index contributed by atoms with van der Waals surface area (Å²) in [6.45, 7) is 0.357. The van der Waals surface area contributed by atoms with Gasteiger partial charge >= 0.3 is 0 Å². The van der Waals surface area contributed by atoms with Crippen LogP contribution in [0.25, 0.3) is 0 Å². The Labute approximate surface area is 182 Å². The summed E-state index contributed by atoms with van der Waals surface area (Å²) in [6.07, 6.45) is 1.26. The summed E-state index contributed by atoms with van der Waals surface area (Å²) in [5.41, 5.74) is 0.424. The van der Waals surface area contributed by atoms with E-state index in [1.165, 1.54) is 47.8 Å². The molecular weight excluding hydrogens is 443 g/mol. The van der Waals surface area contributed by atoms with E-state index >= 15 is 0 Å². The van der Waals surface area contributed by atoms with Gasteiger partial charge in [0.15, 0.2) is 0 Å². The molecule has 1 fully saturated rings. The van der Waals surface area contributed by atoms with Crippen LogP contribution in [0.4, 0.5) is 10.1 Å². The predicted molar refractivity (Wildman–Crippen MR) is 113 cm³/mol. The third kappa shape index (κ3) is 4.43. The Morgan fingerprint density at radius 2 is 1.87 bits per heavy atom. The fourth-order valence-electron chi connectivity index (χ4n) is 3.34. The Balaban J connectivity index is 1.53.